The molecule has 2 rings (SSSR count). The number of aromatic nitrogens is 2. The van der Waals surface area contributed by atoms with Gasteiger partial charge in [0, 0.05) is 11.4 Å². The predicted octanol–water partition coefficient (Wildman–Crippen LogP) is 3.93. The van der Waals surface area contributed by atoms with Crippen molar-refractivity contribution in [3.8, 4) is 0 Å². The highest BCUT2D eigenvalue weighted by Crippen LogP contribution is 2.32. The van der Waals surface area contributed by atoms with Crippen LogP contribution in [-0.4, -0.2) is 9.78 Å². The number of halogens is 2. The van der Waals surface area contributed by atoms with E-state index in [0.29, 0.717) is 0 Å². The van der Waals surface area contributed by atoms with Gasteiger partial charge in [-0.2, -0.15) is 5.10 Å². The van der Waals surface area contributed by atoms with Crippen molar-refractivity contribution in [2.24, 2.45) is 5.73 Å². The van der Waals surface area contributed by atoms with Crippen molar-refractivity contribution in [1.82, 2.24) is 9.78 Å². The van der Waals surface area contributed by atoms with Gasteiger partial charge in [0.05, 0.1) is 26.2 Å². The van der Waals surface area contributed by atoms with Crippen molar-refractivity contribution in [1.29, 1.82) is 0 Å². The monoisotopic (exact) mass is 377 g/mol. The zero-order valence-corrected chi connectivity index (χ0v) is 13.3. The van der Waals surface area contributed by atoms with Crippen molar-refractivity contribution in [3.05, 3.63) is 37.2 Å². The molecule has 92 valence electrons. The van der Waals surface area contributed by atoms with E-state index in [9.17, 15) is 0 Å². The van der Waals surface area contributed by atoms with Crippen LogP contribution in [0.5, 0.6) is 0 Å². The zero-order chi connectivity index (χ0) is 12.4. The number of nitrogens with two attached hydrogens (primary N) is 1. The fraction of sp³-hybridized carbons (Fsp3) is 0.364. The molecule has 0 radical (unpaired) electrons. The molecule has 0 fully saturated rings. The molecule has 0 amide bonds. The molecule has 0 saturated carbocycles. The van der Waals surface area contributed by atoms with Crippen LogP contribution in [-0.2, 0) is 6.54 Å². The van der Waals surface area contributed by atoms with E-state index in [-0.39, 0.29) is 6.04 Å². The summed E-state index contributed by atoms with van der Waals surface area (Å²) in [5, 5.41) is 4.34. The molecule has 0 aliphatic carbocycles. The molecule has 0 bridgehead atoms. The quantitative estimate of drug-likeness (QED) is 0.875. The van der Waals surface area contributed by atoms with Crippen molar-refractivity contribution < 1.29 is 0 Å². The fourth-order valence-electron chi connectivity index (χ4n) is 1.70. The number of rotatable bonds is 4. The maximum absolute atomic E-state index is 6.30. The molecule has 2 N–H and O–H groups in total. The van der Waals surface area contributed by atoms with Gasteiger partial charge in [0.15, 0.2) is 0 Å². The Bertz CT molecular complexity index is 507. The molecular weight excluding hydrogens is 366 g/mol. The number of thiophene rings is 1. The number of hydrogen-bond donors (Lipinski definition) is 1. The Morgan fingerprint density at radius 1 is 1.47 bits per heavy atom. The summed E-state index contributed by atoms with van der Waals surface area (Å²) in [6.07, 6.45) is 2.86. The van der Waals surface area contributed by atoms with E-state index in [2.05, 4.69) is 49.9 Å². The molecule has 0 spiro atoms. The summed E-state index contributed by atoms with van der Waals surface area (Å²) in [5.41, 5.74) is 7.35. The third-order valence-corrected chi connectivity index (χ3v) is 4.78. The van der Waals surface area contributed by atoms with Gasteiger partial charge in [-0.25, -0.2) is 0 Å². The van der Waals surface area contributed by atoms with Crippen LogP contribution in [0.25, 0.3) is 0 Å². The van der Waals surface area contributed by atoms with E-state index in [1.54, 1.807) is 11.3 Å². The van der Waals surface area contributed by atoms with E-state index < -0.39 is 0 Å². The molecule has 3 nitrogen and oxygen atoms in total. The minimum absolute atomic E-state index is 0.130. The average molecular weight is 379 g/mol. The molecule has 1 unspecified atom stereocenters. The first kappa shape index (κ1) is 13.3. The summed E-state index contributed by atoms with van der Waals surface area (Å²) in [6, 6.07) is 3.94. The van der Waals surface area contributed by atoms with Crippen LogP contribution in [0.4, 0.5) is 0 Å². The zero-order valence-electron chi connectivity index (χ0n) is 9.36. The average Bonchev–Trinajstić information content (AvgIpc) is 2.86. The summed E-state index contributed by atoms with van der Waals surface area (Å²) in [6.45, 7) is 3.02. The van der Waals surface area contributed by atoms with E-state index >= 15 is 0 Å². The fourth-order valence-corrected chi connectivity index (χ4v) is 3.67. The SMILES string of the molecule is CCCn1ncc(Br)c1C(N)c1ccc(Br)s1. The van der Waals surface area contributed by atoms with Crippen LogP contribution < -0.4 is 5.73 Å². The maximum atomic E-state index is 6.30. The molecule has 0 saturated heterocycles. The van der Waals surface area contributed by atoms with Gasteiger partial charge in [-0.1, -0.05) is 6.92 Å². The van der Waals surface area contributed by atoms with Gasteiger partial charge in [0.1, 0.15) is 0 Å². The van der Waals surface area contributed by atoms with Crippen molar-refractivity contribution in [2.75, 3.05) is 0 Å². The summed E-state index contributed by atoms with van der Waals surface area (Å²) >= 11 is 8.64. The molecule has 0 aliphatic heterocycles. The number of hydrogen-bond acceptors (Lipinski definition) is 3. The van der Waals surface area contributed by atoms with E-state index in [1.807, 2.05) is 16.9 Å². The smallest absolute Gasteiger partial charge is 0.0828 e. The molecule has 0 aromatic carbocycles. The van der Waals surface area contributed by atoms with Crippen LogP contribution in [0.3, 0.4) is 0 Å². The Balaban J connectivity index is 2.35. The molecule has 1 atom stereocenters. The first-order valence-electron chi connectivity index (χ1n) is 5.35. The summed E-state index contributed by atoms with van der Waals surface area (Å²) in [5.74, 6) is 0. The highest BCUT2D eigenvalue weighted by Gasteiger charge is 2.19. The largest absolute Gasteiger partial charge is 0.318 e. The Morgan fingerprint density at radius 2 is 2.24 bits per heavy atom. The van der Waals surface area contributed by atoms with E-state index in [4.69, 9.17) is 5.73 Å². The minimum Gasteiger partial charge on any atom is -0.318 e. The maximum Gasteiger partial charge on any atom is 0.0828 e. The lowest BCUT2D eigenvalue weighted by molar-refractivity contribution is 0.560. The second-order valence-corrected chi connectivity index (χ2v) is 7.07. The van der Waals surface area contributed by atoms with Gasteiger partial charge in [0.25, 0.3) is 0 Å². The van der Waals surface area contributed by atoms with Crippen LogP contribution >= 0.6 is 43.2 Å². The first-order valence-corrected chi connectivity index (χ1v) is 7.75. The highest BCUT2D eigenvalue weighted by atomic mass is 79.9. The topological polar surface area (TPSA) is 43.8 Å². The third kappa shape index (κ3) is 2.81. The van der Waals surface area contributed by atoms with Crippen LogP contribution in [0.15, 0.2) is 26.6 Å². The second kappa shape index (κ2) is 5.65. The Morgan fingerprint density at radius 3 is 2.82 bits per heavy atom. The Kier molecular flexibility index (Phi) is 4.41. The number of nitrogens with zero attached hydrogens (tertiary/aromatic N) is 2. The molecule has 2 aromatic rings. The van der Waals surface area contributed by atoms with Crippen LogP contribution in [0.2, 0.25) is 0 Å². The van der Waals surface area contributed by atoms with Crippen molar-refractivity contribution in [3.63, 3.8) is 0 Å². The lowest BCUT2D eigenvalue weighted by atomic mass is 10.2. The third-order valence-electron chi connectivity index (χ3n) is 2.46. The second-order valence-electron chi connectivity index (χ2n) is 3.72. The summed E-state index contributed by atoms with van der Waals surface area (Å²) in [7, 11) is 0. The molecule has 2 aromatic heterocycles. The first-order chi connectivity index (χ1) is 8.13. The Labute approximate surface area is 121 Å². The molecule has 17 heavy (non-hydrogen) atoms. The Hall–Kier alpha value is -0.170. The van der Waals surface area contributed by atoms with Gasteiger partial charge in [-0.15, -0.1) is 11.3 Å². The predicted molar refractivity (Wildman–Crippen MR) is 78.3 cm³/mol. The van der Waals surface area contributed by atoms with Gasteiger partial charge < -0.3 is 5.73 Å². The van der Waals surface area contributed by atoms with Crippen molar-refractivity contribution in [2.45, 2.75) is 25.9 Å². The lowest BCUT2D eigenvalue weighted by Gasteiger charge is -2.13. The van der Waals surface area contributed by atoms with Gasteiger partial charge in [0.2, 0.25) is 0 Å². The van der Waals surface area contributed by atoms with Crippen LogP contribution in [0, 0.1) is 0 Å². The molecule has 0 aliphatic rings. The molecule has 6 heteroatoms. The minimum atomic E-state index is -0.130. The lowest BCUT2D eigenvalue weighted by Crippen LogP contribution is -2.17. The van der Waals surface area contributed by atoms with Crippen molar-refractivity contribution >= 4 is 43.2 Å². The van der Waals surface area contributed by atoms with E-state index in [0.717, 1.165) is 31.8 Å². The highest BCUT2D eigenvalue weighted by molar-refractivity contribution is 9.11. The summed E-state index contributed by atoms with van der Waals surface area (Å²) in [4.78, 5) is 1.13. The van der Waals surface area contributed by atoms with Gasteiger partial charge >= 0.3 is 0 Å². The standard InChI is InChI=1S/C11H13Br2N3S/c1-2-5-16-11(7(12)6-15-16)10(14)8-3-4-9(13)17-8/h3-4,6,10H,2,5,14H2,1H3. The molecule has 2 heterocycles. The summed E-state index contributed by atoms with van der Waals surface area (Å²) < 4.78 is 4.05. The van der Waals surface area contributed by atoms with Gasteiger partial charge in [-0.05, 0) is 50.4 Å². The van der Waals surface area contributed by atoms with Gasteiger partial charge in [-0.3, -0.25) is 4.68 Å². The number of aryl methyl sites for hydroxylation is 1. The van der Waals surface area contributed by atoms with Crippen LogP contribution in [0.1, 0.15) is 30.0 Å². The normalized spacial score (nSPS) is 12.9. The molecular formula is C11H13Br2N3S. The van der Waals surface area contributed by atoms with E-state index in [1.165, 1.54) is 0 Å².